The van der Waals surface area contributed by atoms with Gasteiger partial charge in [0, 0.05) is 12.6 Å². The largest absolute Gasteiger partial charge is 0.384 e. The van der Waals surface area contributed by atoms with E-state index < -0.39 is 27.4 Å². The van der Waals surface area contributed by atoms with Crippen LogP contribution in [0.1, 0.15) is 27.1 Å². The van der Waals surface area contributed by atoms with Crippen molar-refractivity contribution in [3.8, 4) is 5.69 Å². The van der Waals surface area contributed by atoms with Gasteiger partial charge in [-0.05, 0) is 30.7 Å². The quantitative estimate of drug-likeness (QED) is 0.703. The van der Waals surface area contributed by atoms with Crippen molar-refractivity contribution in [2.24, 2.45) is 0 Å². The molecule has 10 heteroatoms. The van der Waals surface area contributed by atoms with Crippen molar-refractivity contribution in [1.29, 1.82) is 0 Å². The lowest BCUT2D eigenvalue weighted by atomic mass is 10.1. The molecule has 2 aliphatic heterocycles. The molecule has 0 radical (unpaired) electrons. The molecule has 1 saturated heterocycles. The zero-order valence-corrected chi connectivity index (χ0v) is 14.2. The monoisotopic (exact) mass is 374 g/mol. The molecular formula is C16H14N4O5S. The number of hydrogen-bond acceptors (Lipinski definition) is 6. The molecule has 0 spiro atoms. The second-order valence-corrected chi connectivity index (χ2v) is 8.05. The fourth-order valence-corrected chi connectivity index (χ4v) is 4.81. The molecule has 1 aromatic heterocycles. The van der Waals surface area contributed by atoms with E-state index in [1.807, 2.05) is 0 Å². The highest BCUT2D eigenvalue weighted by Crippen LogP contribution is 2.27. The van der Waals surface area contributed by atoms with E-state index in [2.05, 4.69) is 5.32 Å². The van der Waals surface area contributed by atoms with Gasteiger partial charge in [-0.3, -0.25) is 28.6 Å². The van der Waals surface area contributed by atoms with Gasteiger partial charge in [0.15, 0.2) is 0 Å². The summed E-state index contributed by atoms with van der Waals surface area (Å²) in [4.78, 5) is 36.0. The lowest BCUT2D eigenvalue weighted by molar-refractivity contribution is 0.0880. The summed E-state index contributed by atoms with van der Waals surface area (Å²) in [6.45, 7) is 0.408. The van der Waals surface area contributed by atoms with Crippen LogP contribution >= 0.6 is 0 Å². The van der Waals surface area contributed by atoms with Crippen molar-refractivity contribution in [3.05, 3.63) is 51.8 Å². The van der Waals surface area contributed by atoms with Crippen LogP contribution in [-0.2, 0) is 10.0 Å². The predicted molar refractivity (Wildman–Crippen MR) is 94.0 cm³/mol. The van der Waals surface area contributed by atoms with E-state index in [9.17, 15) is 22.8 Å². The van der Waals surface area contributed by atoms with Crippen molar-refractivity contribution in [3.63, 3.8) is 0 Å². The van der Waals surface area contributed by atoms with E-state index >= 15 is 0 Å². The smallest absolute Gasteiger partial charge is 0.262 e. The third-order valence-electron chi connectivity index (χ3n) is 4.45. The molecule has 0 atom stereocenters. The molecular weight excluding hydrogens is 360 g/mol. The maximum Gasteiger partial charge on any atom is 0.262 e. The van der Waals surface area contributed by atoms with E-state index in [1.165, 1.54) is 4.31 Å². The number of sulfonamides is 1. The summed E-state index contributed by atoms with van der Waals surface area (Å²) >= 11 is 0. The highest BCUT2D eigenvalue weighted by atomic mass is 32.2. The lowest BCUT2D eigenvalue weighted by Crippen LogP contribution is -2.26. The number of nitrogens with one attached hydrogen (secondary N) is 1. The Morgan fingerprint density at radius 2 is 1.65 bits per heavy atom. The number of nitrogen functional groups attached to an aromatic ring is 1. The average molecular weight is 374 g/mol. The molecule has 9 nitrogen and oxygen atoms in total. The molecule has 0 unspecified atom stereocenters. The van der Waals surface area contributed by atoms with Crippen LogP contribution in [0.15, 0.2) is 35.1 Å². The number of imide groups is 1. The van der Waals surface area contributed by atoms with Crippen LogP contribution in [0.3, 0.4) is 0 Å². The van der Waals surface area contributed by atoms with Gasteiger partial charge in [0.1, 0.15) is 5.82 Å². The average Bonchev–Trinajstić information content (AvgIpc) is 3.07. The zero-order chi connectivity index (χ0) is 18.6. The third-order valence-corrected chi connectivity index (χ3v) is 6.32. The molecule has 3 N–H and O–H groups in total. The van der Waals surface area contributed by atoms with Crippen LogP contribution in [0, 0.1) is 0 Å². The van der Waals surface area contributed by atoms with Crippen molar-refractivity contribution >= 4 is 33.3 Å². The van der Waals surface area contributed by atoms with E-state index in [0.29, 0.717) is 24.3 Å². The Bertz CT molecular complexity index is 1120. The van der Waals surface area contributed by atoms with Gasteiger partial charge in [0.2, 0.25) is 10.0 Å². The summed E-state index contributed by atoms with van der Waals surface area (Å²) in [6, 6.07) is 7.29. The van der Waals surface area contributed by atoms with Crippen molar-refractivity contribution < 1.29 is 18.0 Å². The maximum atomic E-state index is 12.4. The maximum absolute atomic E-state index is 12.4. The van der Waals surface area contributed by atoms with Gasteiger partial charge in [-0.2, -0.15) is 0 Å². The number of fused-ring (bicyclic) bond motifs is 1. The molecule has 134 valence electrons. The summed E-state index contributed by atoms with van der Waals surface area (Å²) in [5.41, 5.74) is 6.17. The summed E-state index contributed by atoms with van der Waals surface area (Å²) in [5, 5.41) is 2.10. The molecule has 0 saturated carbocycles. The van der Waals surface area contributed by atoms with Crippen molar-refractivity contribution in [2.45, 2.75) is 6.42 Å². The minimum Gasteiger partial charge on any atom is -0.384 e. The van der Waals surface area contributed by atoms with E-state index in [-0.39, 0.29) is 22.7 Å². The number of anilines is 2. The molecule has 0 aliphatic carbocycles. The van der Waals surface area contributed by atoms with Crippen LogP contribution < -0.4 is 20.9 Å². The summed E-state index contributed by atoms with van der Waals surface area (Å²) < 4.78 is 26.4. The van der Waals surface area contributed by atoms with Gasteiger partial charge in [0.25, 0.3) is 17.4 Å². The number of hydrogen-bond donors (Lipinski definition) is 2. The first-order valence-electron chi connectivity index (χ1n) is 7.82. The Kier molecular flexibility index (Phi) is 3.41. The first kappa shape index (κ1) is 16.3. The Morgan fingerprint density at radius 3 is 2.27 bits per heavy atom. The first-order valence-corrected chi connectivity index (χ1v) is 9.42. The van der Waals surface area contributed by atoms with Gasteiger partial charge in [-0.15, -0.1) is 0 Å². The number of nitrogens with zero attached hydrogens (tertiary/aromatic N) is 2. The topological polar surface area (TPSA) is 132 Å². The molecule has 2 amide bonds. The standard InChI is InChI=1S/C16H14N4O5S/c17-14-13-11(15(22)18-16(13)23)8-12(21)20(14)10-4-2-9(3-5-10)19-6-1-7-26(19,24)25/h2-5,8H,1,6-7,17H2,(H,18,22,23). The Balaban J connectivity index is 1.80. The van der Waals surface area contributed by atoms with Crippen LogP contribution in [0.4, 0.5) is 11.5 Å². The Morgan fingerprint density at radius 1 is 1.00 bits per heavy atom. The molecule has 4 rings (SSSR count). The summed E-state index contributed by atoms with van der Waals surface area (Å²) in [6.07, 6.45) is 0.560. The number of benzene rings is 1. The summed E-state index contributed by atoms with van der Waals surface area (Å²) in [5.74, 6) is -1.35. The Labute approximate surface area is 148 Å². The fraction of sp³-hybridized carbons (Fsp3) is 0.188. The minimum absolute atomic E-state index is 0.0409. The number of amides is 2. The lowest BCUT2D eigenvalue weighted by Gasteiger charge is -2.18. The van der Waals surface area contributed by atoms with E-state index in [1.54, 1.807) is 24.3 Å². The third kappa shape index (κ3) is 2.30. The van der Waals surface area contributed by atoms with Crippen LogP contribution in [0.2, 0.25) is 0 Å². The Hall–Kier alpha value is -3.14. The molecule has 2 aromatic rings. The van der Waals surface area contributed by atoms with Gasteiger partial charge in [-0.25, -0.2) is 8.42 Å². The van der Waals surface area contributed by atoms with Crippen molar-refractivity contribution in [2.75, 3.05) is 22.3 Å². The molecule has 0 bridgehead atoms. The minimum atomic E-state index is -3.31. The van der Waals surface area contributed by atoms with Crippen molar-refractivity contribution in [1.82, 2.24) is 9.88 Å². The molecule has 1 aromatic carbocycles. The number of nitrogens with two attached hydrogens (primary N) is 1. The second-order valence-electron chi connectivity index (χ2n) is 6.03. The first-order chi connectivity index (χ1) is 12.3. The van der Waals surface area contributed by atoms with Crippen LogP contribution in [-0.4, -0.2) is 37.1 Å². The molecule has 3 heterocycles. The van der Waals surface area contributed by atoms with Gasteiger partial charge in [-0.1, -0.05) is 0 Å². The fourth-order valence-electron chi connectivity index (χ4n) is 3.24. The summed E-state index contributed by atoms with van der Waals surface area (Å²) in [7, 11) is -3.31. The zero-order valence-electron chi connectivity index (χ0n) is 13.4. The number of aromatic nitrogens is 1. The molecule has 1 fully saturated rings. The number of pyridine rings is 1. The predicted octanol–water partition coefficient (Wildman–Crippen LogP) is -0.157. The number of rotatable bonds is 2. The highest BCUT2D eigenvalue weighted by Gasteiger charge is 2.32. The SMILES string of the molecule is Nc1c2c(cc(=O)n1-c1ccc(N3CCCS3(=O)=O)cc1)C(=O)NC2=O. The van der Waals surface area contributed by atoms with Crippen LogP contribution in [0.25, 0.3) is 5.69 Å². The van der Waals surface area contributed by atoms with Gasteiger partial charge >= 0.3 is 0 Å². The highest BCUT2D eigenvalue weighted by molar-refractivity contribution is 7.93. The number of carbonyl (C=O) groups is 2. The van der Waals surface area contributed by atoms with Gasteiger partial charge in [0.05, 0.1) is 28.3 Å². The normalized spacial score (nSPS) is 18.1. The molecule has 26 heavy (non-hydrogen) atoms. The van der Waals surface area contributed by atoms with E-state index in [0.717, 1.165) is 10.6 Å². The number of carbonyl (C=O) groups excluding carboxylic acids is 2. The van der Waals surface area contributed by atoms with Crippen LogP contribution in [0.5, 0.6) is 0 Å². The molecule has 2 aliphatic rings. The van der Waals surface area contributed by atoms with Gasteiger partial charge < -0.3 is 5.73 Å². The second kappa shape index (κ2) is 5.43. The van der Waals surface area contributed by atoms with E-state index in [4.69, 9.17) is 5.73 Å².